The molecule has 1 unspecified atom stereocenters. The van der Waals surface area contributed by atoms with E-state index in [2.05, 4.69) is 26.6 Å². The molecule has 1 aliphatic rings. The lowest BCUT2D eigenvalue weighted by Gasteiger charge is -2.27. The number of hydrogen-bond donors (Lipinski definition) is 2. The van der Waals surface area contributed by atoms with Gasteiger partial charge in [0.15, 0.2) is 0 Å². The Morgan fingerprint density at radius 2 is 2.00 bits per heavy atom. The van der Waals surface area contributed by atoms with Crippen LogP contribution in [0.4, 0.5) is 0 Å². The second-order valence-electron chi connectivity index (χ2n) is 6.53. The predicted octanol–water partition coefficient (Wildman–Crippen LogP) is 3.61. The Kier molecular flexibility index (Phi) is 6.92. The van der Waals surface area contributed by atoms with Gasteiger partial charge in [0.05, 0.1) is 19.8 Å². The van der Waals surface area contributed by atoms with Crippen molar-refractivity contribution in [2.45, 2.75) is 25.3 Å². The molecule has 2 N–H and O–H groups in total. The van der Waals surface area contributed by atoms with Crippen molar-refractivity contribution < 1.29 is 19.1 Å². The highest BCUT2D eigenvalue weighted by atomic mass is 79.9. The smallest absolute Gasteiger partial charge is 0.251 e. The first kappa shape index (κ1) is 20.2. The van der Waals surface area contributed by atoms with Crippen LogP contribution in [0.3, 0.4) is 0 Å². The summed E-state index contributed by atoms with van der Waals surface area (Å²) in [7, 11) is 1.58. The number of carbonyl (C=O) groups excluding carboxylic acids is 2. The highest BCUT2D eigenvalue weighted by Crippen LogP contribution is 2.34. The molecule has 2 aromatic carbocycles. The molecular formula is C21H23BrN2O4. The zero-order valence-electron chi connectivity index (χ0n) is 15.7. The zero-order valence-corrected chi connectivity index (χ0v) is 17.3. The van der Waals surface area contributed by atoms with Crippen molar-refractivity contribution in [3.05, 3.63) is 58.1 Å². The van der Waals surface area contributed by atoms with E-state index < -0.39 is 0 Å². The van der Waals surface area contributed by atoms with Crippen molar-refractivity contribution in [3.63, 3.8) is 0 Å². The molecule has 0 saturated carbocycles. The Labute approximate surface area is 172 Å². The number of nitrogens with one attached hydrogen (secondary N) is 2. The van der Waals surface area contributed by atoms with E-state index in [4.69, 9.17) is 9.47 Å². The molecule has 0 aromatic heterocycles. The van der Waals surface area contributed by atoms with E-state index in [1.54, 1.807) is 31.4 Å². The molecule has 0 spiro atoms. The van der Waals surface area contributed by atoms with Crippen LogP contribution in [0.15, 0.2) is 46.9 Å². The molecule has 3 rings (SSSR count). The molecule has 0 aliphatic carbocycles. The lowest BCUT2D eigenvalue weighted by molar-refractivity contribution is -0.122. The van der Waals surface area contributed by atoms with Gasteiger partial charge in [-0.3, -0.25) is 9.59 Å². The molecule has 2 amide bonds. The van der Waals surface area contributed by atoms with Crippen LogP contribution in [0.5, 0.6) is 11.5 Å². The first-order chi connectivity index (χ1) is 13.6. The van der Waals surface area contributed by atoms with E-state index in [-0.39, 0.29) is 17.9 Å². The summed E-state index contributed by atoms with van der Waals surface area (Å²) in [6.45, 7) is 1.02. The molecule has 7 heteroatoms. The van der Waals surface area contributed by atoms with E-state index in [1.165, 1.54) is 0 Å². The third-order valence-electron chi connectivity index (χ3n) is 4.56. The van der Waals surface area contributed by atoms with Crippen LogP contribution in [0, 0.1) is 0 Å². The average Bonchev–Trinajstić information content (AvgIpc) is 2.71. The minimum Gasteiger partial charge on any atom is -0.497 e. The normalized spacial score (nSPS) is 15.1. The van der Waals surface area contributed by atoms with Crippen LogP contribution in [-0.4, -0.2) is 32.1 Å². The number of benzene rings is 2. The van der Waals surface area contributed by atoms with Crippen LogP contribution < -0.4 is 20.1 Å². The molecule has 0 bridgehead atoms. The summed E-state index contributed by atoms with van der Waals surface area (Å²) < 4.78 is 11.7. The number of amides is 2. The monoisotopic (exact) mass is 446 g/mol. The van der Waals surface area contributed by atoms with Gasteiger partial charge >= 0.3 is 0 Å². The van der Waals surface area contributed by atoms with Crippen molar-refractivity contribution in [2.75, 3.05) is 20.3 Å². The lowest BCUT2D eigenvalue weighted by atomic mass is 10.0. The van der Waals surface area contributed by atoms with Gasteiger partial charge in [-0.2, -0.15) is 0 Å². The minimum atomic E-state index is -0.161. The van der Waals surface area contributed by atoms with Gasteiger partial charge in [-0.05, 0) is 48.9 Å². The van der Waals surface area contributed by atoms with Crippen molar-refractivity contribution in [2.24, 2.45) is 0 Å². The number of fused-ring (bicyclic) bond motifs is 1. The molecule has 1 heterocycles. The Morgan fingerprint density at radius 3 is 2.75 bits per heavy atom. The third-order valence-corrected chi connectivity index (χ3v) is 5.06. The average molecular weight is 447 g/mol. The molecular weight excluding hydrogens is 424 g/mol. The van der Waals surface area contributed by atoms with Gasteiger partial charge in [-0.1, -0.05) is 15.9 Å². The van der Waals surface area contributed by atoms with Crippen LogP contribution >= 0.6 is 15.9 Å². The SMILES string of the molecule is COc1ccc(C(=O)NCCCC(=O)NC2CCOc3ccc(Br)cc32)cc1. The summed E-state index contributed by atoms with van der Waals surface area (Å²) in [5, 5.41) is 5.90. The van der Waals surface area contributed by atoms with Gasteiger partial charge in [0, 0.05) is 35.0 Å². The van der Waals surface area contributed by atoms with E-state index in [9.17, 15) is 9.59 Å². The third kappa shape index (κ3) is 5.25. The largest absolute Gasteiger partial charge is 0.497 e. The summed E-state index contributed by atoms with van der Waals surface area (Å²) >= 11 is 3.46. The number of ether oxygens (including phenoxy) is 2. The van der Waals surface area contributed by atoms with E-state index in [0.717, 1.165) is 22.2 Å². The summed E-state index contributed by atoms with van der Waals surface area (Å²) in [4.78, 5) is 24.4. The Hall–Kier alpha value is -2.54. The lowest BCUT2D eigenvalue weighted by Crippen LogP contribution is -2.33. The molecule has 1 atom stereocenters. The van der Waals surface area contributed by atoms with Gasteiger partial charge in [-0.25, -0.2) is 0 Å². The first-order valence-electron chi connectivity index (χ1n) is 9.20. The molecule has 0 saturated heterocycles. The maximum atomic E-state index is 12.3. The zero-order chi connectivity index (χ0) is 19.9. The summed E-state index contributed by atoms with van der Waals surface area (Å²) in [5.41, 5.74) is 1.55. The number of carbonyl (C=O) groups is 2. The molecule has 148 valence electrons. The fourth-order valence-electron chi connectivity index (χ4n) is 3.08. The maximum Gasteiger partial charge on any atom is 0.251 e. The van der Waals surface area contributed by atoms with E-state index >= 15 is 0 Å². The Bertz CT molecular complexity index is 839. The van der Waals surface area contributed by atoms with Gasteiger partial charge in [0.25, 0.3) is 5.91 Å². The summed E-state index contributed by atoms with van der Waals surface area (Å²) in [6, 6.07) is 12.7. The highest BCUT2D eigenvalue weighted by Gasteiger charge is 2.23. The van der Waals surface area contributed by atoms with Crippen molar-refractivity contribution >= 4 is 27.7 Å². The fraction of sp³-hybridized carbons (Fsp3) is 0.333. The maximum absolute atomic E-state index is 12.3. The topological polar surface area (TPSA) is 76.7 Å². The molecule has 0 fully saturated rings. The van der Waals surface area contributed by atoms with Crippen LogP contribution in [0.25, 0.3) is 0 Å². The van der Waals surface area contributed by atoms with Gasteiger partial charge in [0.2, 0.25) is 5.91 Å². The number of halogens is 1. The van der Waals surface area contributed by atoms with Crippen LogP contribution in [0.2, 0.25) is 0 Å². The summed E-state index contributed by atoms with van der Waals surface area (Å²) in [5.74, 6) is 1.32. The minimum absolute atomic E-state index is 0.0310. The standard InChI is InChI=1S/C21H23BrN2O4/c1-27-16-7-4-14(5-8-16)21(26)23-11-2-3-20(25)24-18-10-12-28-19-9-6-15(22)13-17(18)19/h4-9,13,18H,2-3,10-12H2,1H3,(H,23,26)(H,24,25). The quantitative estimate of drug-likeness (QED) is 0.636. The second kappa shape index (κ2) is 9.59. The van der Waals surface area contributed by atoms with E-state index in [0.29, 0.717) is 37.3 Å². The van der Waals surface area contributed by atoms with Gasteiger partial charge in [-0.15, -0.1) is 0 Å². The van der Waals surface area contributed by atoms with Gasteiger partial charge in [0.1, 0.15) is 11.5 Å². The molecule has 2 aromatic rings. The van der Waals surface area contributed by atoms with Crippen molar-refractivity contribution in [3.8, 4) is 11.5 Å². The van der Waals surface area contributed by atoms with Crippen molar-refractivity contribution in [1.82, 2.24) is 10.6 Å². The molecule has 28 heavy (non-hydrogen) atoms. The van der Waals surface area contributed by atoms with Crippen LogP contribution in [0.1, 0.15) is 41.2 Å². The first-order valence-corrected chi connectivity index (χ1v) is 10.00. The highest BCUT2D eigenvalue weighted by molar-refractivity contribution is 9.10. The number of rotatable bonds is 7. The number of methoxy groups -OCH3 is 1. The fourth-order valence-corrected chi connectivity index (χ4v) is 3.46. The van der Waals surface area contributed by atoms with Gasteiger partial charge < -0.3 is 20.1 Å². The molecule has 0 radical (unpaired) electrons. The Morgan fingerprint density at radius 1 is 1.21 bits per heavy atom. The predicted molar refractivity (Wildman–Crippen MR) is 110 cm³/mol. The van der Waals surface area contributed by atoms with Crippen LogP contribution in [-0.2, 0) is 4.79 Å². The molecule has 6 nitrogen and oxygen atoms in total. The number of hydrogen-bond acceptors (Lipinski definition) is 4. The summed E-state index contributed by atoms with van der Waals surface area (Å²) in [6.07, 6.45) is 1.66. The second-order valence-corrected chi connectivity index (χ2v) is 7.44. The van der Waals surface area contributed by atoms with E-state index in [1.807, 2.05) is 18.2 Å². The molecule has 1 aliphatic heterocycles. The van der Waals surface area contributed by atoms with Crippen molar-refractivity contribution in [1.29, 1.82) is 0 Å². The Balaban J connectivity index is 1.43.